The number of amides is 1. The van der Waals surface area contributed by atoms with Crippen molar-refractivity contribution in [3.05, 3.63) is 71.5 Å². The molecule has 0 heterocycles. The fraction of sp³-hybridized carbons (Fsp3) is 0.316. The molecular formula is C19H21FN2O. The van der Waals surface area contributed by atoms with Crippen LogP contribution in [0.4, 0.5) is 4.39 Å². The quantitative estimate of drug-likeness (QED) is 0.825. The molecule has 0 spiro atoms. The fourth-order valence-electron chi connectivity index (χ4n) is 2.61. The lowest BCUT2D eigenvalue weighted by molar-refractivity contribution is -0.120. The van der Waals surface area contributed by atoms with Gasteiger partial charge in [0.2, 0.25) is 5.91 Å². The molecule has 3 rings (SSSR count). The van der Waals surface area contributed by atoms with Gasteiger partial charge in [-0.3, -0.25) is 4.79 Å². The van der Waals surface area contributed by atoms with Gasteiger partial charge in [0.25, 0.3) is 0 Å². The van der Waals surface area contributed by atoms with Gasteiger partial charge >= 0.3 is 0 Å². The molecule has 1 aliphatic carbocycles. The maximum Gasteiger partial charge on any atom is 0.234 e. The van der Waals surface area contributed by atoms with Crippen LogP contribution < -0.4 is 10.6 Å². The second kappa shape index (κ2) is 7.38. The van der Waals surface area contributed by atoms with Crippen LogP contribution in [0.3, 0.4) is 0 Å². The first-order valence-corrected chi connectivity index (χ1v) is 8.03. The summed E-state index contributed by atoms with van der Waals surface area (Å²) in [6, 6.07) is 15.7. The Hall–Kier alpha value is -2.20. The third-order valence-corrected chi connectivity index (χ3v) is 4.04. The SMILES string of the molecule is O=C(CNCC1CC1)NC(c1ccccc1)c1cccc(F)c1. The van der Waals surface area contributed by atoms with E-state index in [0.29, 0.717) is 0 Å². The van der Waals surface area contributed by atoms with E-state index in [1.807, 2.05) is 36.4 Å². The molecule has 3 nitrogen and oxygen atoms in total. The highest BCUT2D eigenvalue weighted by atomic mass is 19.1. The molecule has 0 saturated heterocycles. The summed E-state index contributed by atoms with van der Waals surface area (Å²) < 4.78 is 13.6. The first-order valence-electron chi connectivity index (χ1n) is 8.03. The van der Waals surface area contributed by atoms with Gasteiger partial charge < -0.3 is 10.6 Å². The summed E-state index contributed by atoms with van der Waals surface area (Å²) in [4.78, 5) is 12.2. The van der Waals surface area contributed by atoms with Crippen LogP contribution in [0.5, 0.6) is 0 Å². The van der Waals surface area contributed by atoms with Gasteiger partial charge in [-0.25, -0.2) is 4.39 Å². The molecule has 1 atom stereocenters. The topological polar surface area (TPSA) is 41.1 Å². The molecule has 2 N–H and O–H groups in total. The van der Waals surface area contributed by atoms with Crippen LogP contribution in [-0.4, -0.2) is 19.0 Å². The van der Waals surface area contributed by atoms with E-state index >= 15 is 0 Å². The van der Waals surface area contributed by atoms with Crippen molar-refractivity contribution in [2.45, 2.75) is 18.9 Å². The van der Waals surface area contributed by atoms with Crippen molar-refractivity contribution >= 4 is 5.91 Å². The zero-order valence-corrected chi connectivity index (χ0v) is 13.0. The number of carbonyl (C=O) groups excluding carboxylic acids is 1. The summed E-state index contributed by atoms with van der Waals surface area (Å²) in [6.07, 6.45) is 2.51. The number of rotatable bonds is 7. The van der Waals surface area contributed by atoms with Gasteiger partial charge in [0.05, 0.1) is 12.6 Å². The van der Waals surface area contributed by atoms with E-state index in [4.69, 9.17) is 0 Å². The summed E-state index contributed by atoms with van der Waals surface area (Å²) in [6.45, 7) is 1.18. The molecule has 0 aliphatic heterocycles. The average Bonchev–Trinajstić information content (AvgIpc) is 3.38. The minimum Gasteiger partial charge on any atom is -0.344 e. The third kappa shape index (κ3) is 4.63. The molecule has 0 aromatic heterocycles. The lowest BCUT2D eigenvalue weighted by Crippen LogP contribution is -2.37. The Labute approximate surface area is 135 Å². The highest BCUT2D eigenvalue weighted by Gasteiger charge is 2.21. The predicted octanol–water partition coefficient (Wildman–Crippen LogP) is 3.03. The monoisotopic (exact) mass is 312 g/mol. The molecule has 0 bridgehead atoms. The van der Waals surface area contributed by atoms with E-state index in [0.717, 1.165) is 23.6 Å². The molecule has 0 radical (unpaired) electrons. The smallest absolute Gasteiger partial charge is 0.234 e. The van der Waals surface area contributed by atoms with Crippen molar-refractivity contribution in [2.75, 3.05) is 13.1 Å². The predicted molar refractivity (Wildman–Crippen MR) is 88.4 cm³/mol. The molecule has 2 aromatic rings. The summed E-state index contributed by atoms with van der Waals surface area (Å²) in [5.41, 5.74) is 1.68. The third-order valence-electron chi connectivity index (χ3n) is 4.04. The van der Waals surface area contributed by atoms with Crippen LogP contribution in [0.2, 0.25) is 0 Å². The van der Waals surface area contributed by atoms with E-state index in [1.165, 1.54) is 25.0 Å². The van der Waals surface area contributed by atoms with Gasteiger partial charge in [-0.2, -0.15) is 0 Å². The standard InChI is InChI=1S/C19H21FN2O/c20-17-8-4-7-16(11-17)19(15-5-2-1-3-6-15)22-18(23)13-21-12-14-9-10-14/h1-8,11,14,19,21H,9-10,12-13H2,(H,22,23). The lowest BCUT2D eigenvalue weighted by Gasteiger charge is -2.20. The van der Waals surface area contributed by atoms with Crippen LogP contribution >= 0.6 is 0 Å². The zero-order chi connectivity index (χ0) is 16.1. The Morgan fingerprint density at radius 3 is 2.52 bits per heavy atom. The van der Waals surface area contributed by atoms with Crippen LogP contribution in [0.25, 0.3) is 0 Å². The van der Waals surface area contributed by atoms with E-state index < -0.39 is 0 Å². The lowest BCUT2D eigenvalue weighted by atomic mass is 9.98. The molecule has 1 fully saturated rings. The fourth-order valence-corrected chi connectivity index (χ4v) is 2.61. The van der Waals surface area contributed by atoms with Gasteiger partial charge in [-0.05, 0) is 48.6 Å². The Kier molecular flexibility index (Phi) is 5.03. The van der Waals surface area contributed by atoms with Gasteiger partial charge in [-0.1, -0.05) is 42.5 Å². The van der Waals surface area contributed by atoms with Crippen molar-refractivity contribution in [3.8, 4) is 0 Å². The molecule has 2 aromatic carbocycles. The average molecular weight is 312 g/mol. The van der Waals surface area contributed by atoms with E-state index in [-0.39, 0.29) is 24.3 Å². The number of hydrogen-bond donors (Lipinski definition) is 2. The maximum atomic E-state index is 13.6. The minimum atomic E-state index is -0.345. The number of carbonyl (C=O) groups is 1. The highest BCUT2D eigenvalue weighted by molar-refractivity contribution is 5.79. The van der Waals surface area contributed by atoms with Crippen LogP contribution in [0, 0.1) is 11.7 Å². The Balaban J connectivity index is 1.71. The van der Waals surface area contributed by atoms with Gasteiger partial charge in [0.1, 0.15) is 5.82 Å². The molecule has 4 heteroatoms. The van der Waals surface area contributed by atoms with E-state index in [9.17, 15) is 9.18 Å². The largest absolute Gasteiger partial charge is 0.344 e. The first kappa shape index (κ1) is 15.7. The van der Waals surface area contributed by atoms with E-state index in [2.05, 4.69) is 10.6 Å². The van der Waals surface area contributed by atoms with Crippen molar-refractivity contribution in [1.29, 1.82) is 0 Å². The minimum absolute atomic E-state index is 0.0798. The van der Waals surface area contributed by atoms with Crippen molar-refractivity contribution in [1.82, 2.24) is 10.6 Å². The molecule has 1 amide bonds. The number of halogens is 1. The molecule has 120 valence electrons. The van der Waals surface area contributed by atoms with Crippen molar-refractivity contribution < 1.29 is 9.18 Å². The normalized spacial score (nSPS) is 15.2. The van der Waals surface area contributed by atoms with Crippen LogP contribution in [0.1, 0.15) is 30.0 Å². The molecule has 1 unspecified atom stereocenters. The second-order valence-corrected chi connectivity index (χ2v) is 6.04. The van der Waals surface area contributed by atoms with Crippen molar-refractivity contribution in [3.63, 3.8) is 0 Å². The highest BCUT2D eigenvalue weighted by Crippen LogP contribution is 2.27. The molecule has 23 heavy (non-hydrogen) atoms. The van der Waals surface area contributed by atoms with Gasteiger partial charge in [0, 0.05) is 0 Å². The summed E-state index contributed by atoms with van der Waals surface area (Å²) in [7, 11) is 0. The first-order chi connectivity index (χ1) is 11.2. The van der Waals surface area contributed by atoms with Crippen molar-refractivity contribution in [2.24, 2.45) is 5.92 Å². The molecule has 1 aliphatic rings. The van der Waals surface area contributed by atoms with E-state index in [1.54, 1.807) is 6.07 Å². The van der Waals surface area contributed by atoms with Gasteiger partial charge in [-0.15, -0.1) is 0 Å². The number of hydrogen-bond acceptors (Lipinski definition) is 2. The number of benzene rings is 2. The maximum absolute atomic E-state index is 13.6. The summed E-state index contributed by atoms with van der Waals surface area (Å²) >= 11 is 0. The van der Waals surface area contributed by atoms with Crippen LogP contribution in [-0.2, 0) is 4.79 Å². The zero-order valence-electron chi connectivity index (χ0n) is 13.0. The Morgan fingerprint density at radius 1 is 1.09 bits per heavy atom. The summed E-state index contributed by atoms with van der Waals surface area (Å²) in [5, 5.41) is 6.18. The Bertz CT molecular complexity index is 655. The summed E-state index contributed by atoms with van der Waals surface area (Å²) in [5.74, 6) is 0.351. The van der Waals surface area contributed by atoms with Gasteiger partial charge in [0.15, 0.2) is 0 Å². The number of nitrogens with one attached hydrogen (secondary N) is 2. The Morgan fingerprint density at radius 2 is 1.83 bits per heavy atom. The molecular weight excluding hydrogens is 291 g/mol. The second-order valence-electron chi connectivity index (χ2n) is 6.04. The van der Waals surface area contributed by atoms with Crippen LogP contribution in [0.15, 0.2) is 54.6 Å². The molecule has 1 saturated carbocycles.